The standard InChI is InChI=1S/C33H37NO6/c1-20-29(30(35)27(39-20)19-38-31(36)33(2,3)4)34-32(37)40-26(18-21-12-6-5-7-13-21)28-24-16-10-8-14-22(24)23-15-9-11-17-25(23)28/h5-17,20,26-30,35H,18-19H2,1-4H3,(H,34,37)/t20-,26?,27+,29?,30?/m0/s1. The van der Waals surface area contributed by atoms with E-state index >= 15 is 0 Å². The molecular weight excluding hydrogens is 506 g/mol. The van der Waals surface area contributed by atoms with Crippen molar-refractivity contribution in [3.05, 3.63) is 95.6 Å². The Morgan fingerprint density at radius 3 is 2.10 bits per heavy atom. The molecule has 3 unspecified atom stereocenters. The van der Waals surface area contributed by atoms with Crippen molar-refractivity contribution in [2.45, 2.75) is 70.5 Å². The minimum atomic E-state index is -1.06. The van der Waals surface area contributed by atoms with Crippen molar-refractivity contribution in [3.63, 3.8) is 0 Å². The molecule has 40 heavy (non-hydrogen) atoms. The summed E-state index contributed by atoms with van der Waals surface area (Å²) in [5.41, 5.74) is 4.92. The Bertz CT molecular complexity index is 1300. The van der Waals surface area contributed by atoms with E-state index in [4.69, 9.17) is 14.2 Å². The van der Waals surface area contributed by atoms with Crippen LogP contribution >= 0.6 is 0 Å². The number of nitrogens with one attached hydrogen (secondary N) is 1. The molecule has 0 aromatic heterocycles. The molecule has 1 aliphatic carbocycles. The van der Waals surface area contributed by atoms with E-state index in [1.807, 2.05) is 54.6 Å². The highest BCUT2D eigenvalue weighted by Crippen LogP contribution is 2.47. The number of carbonyl (C=O) groups is 2. The summed E-state index contributed by atoms with van der Waals surface area (Å²) in [6, 6.07) is 25.7. The second-order valence-corrected chi connectivity index (χ2v) is 11.7. The molecule has 1 heterocycles. The maximum absolute atomic E-state index is 13.4. The molecule has 210 valence electrons. The van der Waals surface area contributed by atoms with Crippen molar-refractivity contribution in [1.29, 1.82) is 0 Å². The smallest absolute Gasteiger partial charge is 0.407 e. The normalized spacial score (nSPS) is 22.7. The van der Waals surface area contributed by atoms with Crippen molar-refractivity contribution >= 4 is 12.1 Å². The molecule has 1 fully saturated rings. The Hall–Kier alpha value is -3.68. The van der Waals surface area contributed by atoms with Crippen molar-refractivity contribution in [2.75, 3.05) is 6.61 Å². The van der Waals surface area contributed by atoms with Gasteiger partial charge in [0.1, 0.15) is 24.9 Å². The molecule has 0 spiro atoms. The van der Waals surface area contributed by atoms with E-state index in [9.17, 15) is 14.7 Å². The van der Waals surface area contributed by atoms with Gasteiger partial charge in [-0.1, -0.05) is 78.9 Å². The Labute approximate surface area is 235 Å². The molecule has 0 saturated carbocycles. The van der Waals surface area contributed by atoms with Gasteiger partial charge in [-0.3, -0.25) is 4.79 Å². The van der Waals surface area contributed by atoms with Crippen molar-refractivity contribution in [1.82, 2.24) is 5.32 Å². The van der Waals surface area contributed by atoms with Crippen LogP contribution in [-0.2, 0) is 25.4 Å². The molecule has 0 radical (unpaired) electrons. The number of carbonyl (C=O) groups excluding carboxylic acids is 2. The zero-order valence-electron chi connectivity index (χ0n) is 23.4. The molecule has 0 bridgehead atoms. The van der Waals surface area contributed by atoms with E-state index in [0.29, 0.717) is 6.42 Å². The lowest BCUT2D eigenvalue weighted by molar-refractivity contribution is -0.158. The first kappa shape index (κ1) is 27.9. The SMILES string of the molecule is C[C@@H]1O[C@H](COC(=O)C(C)(C)C)C(O)C1NC(=O)OC(Cc1ccccc1)C1c2ccccc2-c2ccccc21. The molecule has 3 aromatic carbocycles. The van der Waals surface area contributed by atoms with Crippen molar-refractivity contribution < 1.29 is 28.9 Å². The number of amides is 1. The molecule has 3 aromatic rings. The second kappa shape index (κ2) is 11.4. The Balaban J connectivity index is 1.34. The van der Waals surface area contributed by atoms with Gasteiger partial charge in [0.05, 0.1) is 17.6 Å². The molecule has 5 rings (SSSR count). The zero-order chi connectivity index (χ0) is 28.4. The Morgan fingerprint density at radius 1 is 0.925 bits per heavy atom. The van der Waals surface area contributed by atoms with Crippen LogP contribution in [0.3, 0.4) is 0 Å². The molecule has 1 aliphatic heterocycles. The van der Waals surface area contributed by atoms with Gasteiger partial charge in [0.2, 0.25) is 0 Å². The van der Waals surface area contributed by atoms with Gasteiger partial charge in [0.15, 0.2) is 0 Å². The third kappa shape index (κ3) is 5.76. The molecule has 7 heteroatoms. The number of esters is 1. The fraction of sp³-hybridized carbons (Fsp3) is 0.394. The van der Waals surface area contributed by atoms with Crippen LogP contribution < -0.4 is 5.32 Å². The lowest BCUT2D eigenvalue weighted by Crippen LogP contribution is -2.49. The van der Waals surface area contributed by atoms with Gasteiger partial charge >= 0.3 is 12.1 Å². The third-order valence-electron chi connectivity index (χ3n) is 7.71. The number of benzene rings is 3. The number of fused-ring (bicyclic) bond motifs is 3. The Kier molecular flexibility index (Phi) is 7.97. The lowest BCUT2D eigenvalue weighted by Gasteiger charge is -2.28. The molecule has 2 aliphatic rings. The summed E-state index contributed by atoms with van der Waals surface area (Å²) in [7, 11) is 0. The number of aliphatic hydroxyl groups excluding tert-OH is 1. The van der Waals surface area contributed by atoms with E-state index in [2.05, 4.69) is 29.6 Å². The zero-order valence-corrected chi connectivity index (χ0v) is 23.4. The van der Waals surface area contributed by atoms with E-state index in [-0.39, 0.29) is 18.5 Å². The minimum absolute atomic E-state index is 0.0961. The first-order chi connectivity index (χ1) is 19.1. The van der Waals surface area contributed by atoms with E-state index in [1.54, 1.807) is 27.7 Å². The first-order valence-electron chi connectivity index (χ1n) is 13.8. The summed E-state index contributed by atoms with van der Waals surface area (Å²) in [5, 5.41) is 13.8. The number of aliphatic hydroxyl groups is 1. The lowest BCUT2D eigenvalue weighted by atomic mass is 9.87. The van der Waals surface area contributed by atoms with Gasteiger partial charge < -0.3 is 24.6 Å². The van der Waals surface area contributed by atoms with E-state index < -0.39 is 42.0 Å². The monoisotopic (exact) mass is 543 g/mol. The minimum Gasteiger partial charge on any atom is -0.462 e. The van der Waals surface area contributed by atoms with Crippen LogP contribution in [0.2, 0.25) is 0 Å². The maximum atomic E-state index is 13.4. The highest BCUT2D eigenvalue weighted by atomic mass is 16.6. The fourth-order valence-electron chi connectivity index (χ4n) is 5.64. The van der Waals surface area contributed by atoms with Crippen molar-refractivity contribution in [3.8, 4) is 11.1 Å². The number of hydrogen-bond donors (Lipinski definition) is 2. The summed E-state index contributed by atoms with van der Waals surface area (Å²) >= 11 is 0. The van der Waals surface area contributed by atoms with Crippen LogP contribution in [0.25, 0.3) is 11.1 Å². The molecule has 2 N–H and O–H groups in total. The summed E-state index contributed by atoms with van der Waals surface area (Å²) < 4.78 is 17.4. The maximum Gasteiger partial charge on any atom is 0.407 e. The van der Waals surface area contributed by atoms with E-state index in [0.717, 1.165) is 27.8 Å². The summed E-state index contributed by atoms with van der Waals surface area (Å²) in [6.07, 6.45) is -2.91. The van der Waals surface area contributed by atoms with Gasteiger partial charge in [0.25, 0.3) is 0 Å². The van der Waals surface area contributed by atoms with Crippen LogP contribution in [0, 0.1) is 5.41 Å². The topological polar surface area (TPSA) is 94.1 Å². The van der Waals surface area contributed by atoms with Crippen LogP contribution in [0.1, 0.15) is 50.3 Å². The quantitative estimate of drug-likeness (QED) is 0.396. The summed E-state index contributed by atoms with van der Waals surface area (Å²) in [4.78, 5) is 25.6. The second-order valence-electron chi connectivity index (χ2n) is 11.7. The predicted octanol–water partition coefficient (Wildman–Crippen LogP) is 5.24. The van der Waals surface area contributed by atoms with E-state index in [1.165, 1.54) is 0 Å². The van der Waals surface area contributed by atoms with Gasteiger partial charge in [-0.25, -0.2) is 4.79 Å². The van der Waals surface area contributed by atoms with Crippen LogP contribution in [0.15, 0.2) is 78.9 Å². The average Bonchev–Trinajstić information content (AvgIpc) is 3.40. The number of alkyl carbamates (subject to hydrolysis) is 1. The number of rotatable bonds is 7. The highest BCUT2D eigenvalue weighted by molar-refractivity contribution is 5.79. The molecule has 1 amide bonds. The number of ether oxygens (including phenoxy) is 3. The van der Waals surface area contributed by atoms with Crippen molar-refractivity contribution in [2.24, 2.45) is 5.41 Å². The largest absolute Gasteiger partial charge is 0.462 e. The third-order valence-corrected chi connectivity index (χ3v) is 7.71. The van der Waals surface area contributed by atoms with Gasteiger partial charge in [-0.15, -0.1) is 0 Å². The first-order valence-corrected chi connectivity index (χ1v) is 13.8. The van der Waals surface area contributed by atoms with Gasteiger partial charge in [0, 0.05) is 12.3 Å². The van der Waals surface area contributed by atoms with Gasteiger partial charge in [-0.2, -0.15) is 0 Å². The molecule has 5 atom stereocenters. The molecular formula is C33H37NO6. The van der Waals surface area contributed by atoms with Gasteiger partial charge in [-0.05, 0) is 55.5 Å². The van der Waals surface area contributed by atoms with Crippen LogP contribution in [0.5, 0.6) is 0 Å². The van der Waals surface area contributed by atoms with Crippen LogP contribution in [0.4, 0.5) is 4.79 Å². The average molecular weight is 544 g/mol. The molecule has 7 nitrogen and oxygen atoms in total. The van der Waals surface area contributed by atoms with Crippen LogP contribution in [-0.4, -0.2) is 54.2 Å². The number of hydrogen-bond acceptors (Lipinski definition) is 6. The predicted molar refractivity (Wildman–Crippen MR) is 152 cm³/mol. The fourth-order valence-corrected chi connectivity index (χ4v) is 5.64. The summed E-state index contributed by atoms with van der Waals surface area (Å²) in [6.45, 7) is 6.96. The highest BCUT2D eigenvalue weighted by Gasteiger charge is 2.44. The Morgan fingerprint density at radius 2 is 1.50 bits per heavy atom. The molecule has 1 saturated heterocycles. The summed E-state index contributed by atoms with van der Waals surface area (Å²) in [5.74, 6) is -0.530.